The van der Waals surface area contributed by atoms with Crippen molar-refractivity contribution in [2.75, 3.05) is 11.1 Å². The van der Waals surface area contributed by atoms with Crippen molar-refractivity contribution in [3.63, 3.8) is 0 Å². The van der Waals surface area contributed by atoms with E-state index in [-0.39, 0.29) is 17.5 Å². The number of anilines is 2. The molecule has 1 aromatic heterocycles. The van der Waals surface area contributed by atoms with Gasteiger partial charge >= 0.3 is 0 Å². The molecule has 3 rings (SSSR count). The van der Waals surface area contributed by atoms with Crippen molar-refractivity contribution in [1.82, 2.24) is 4.98 Å². The number of rotatable bonds is 7. The summed E-state index contributed by atoms with van der Waals surface area (Å²) >= 11 is 0. The first-order chi connectivity index (χ1) is 13.9. The van der Waals surface area contributed by atoms with Gasteiger partial charge in [-0.2, -0.15) is 0 Å². The molecule has 0 aliphatic rings. The Bertz CT molecular complexity index is 998. The molecular formula is C23H24N4O2. The lowest BCUT2D eigenvalue weighted by Crippen LogP contribution is -2.22. The number of pyridine rings is 1. The highest BCUT2D eigenvalue weighted by Gasteiger charge is 2.16. The number of nitrogens with zero attached hydrogens (tertiary/aromatic N) is 1. The van der Waals surface area contributed by atoms with Gasteiger partial charge in [0.15, 0.2) is 5.78 Å². The second-order valence-electron chi connectivity index (χ2n) is 6.94. The number of nitrogens with one attached hydrogen (secondary N) is 1. The number of amides is 1. The van der Waals surface area contributed by atoms with Crippen LogP contribution in [0.4, 0.5) is 11.5 Å². The SMILES string of the molecule is Cc1ccc(CCC(=O)C(N)c2ccc(C(=O)Nc3cccnc3N)cc2)cc1. The fraction of sp³-hybridized carbons (Fsp3) is 0.174. The summed E-state index contributed by atoms with van der Waals surface area (Å²) in [7, 11) is 0. The summed E-state index contributed by atoms with van der Waals surface area (Å²) in [5.74, 6) is -0.0971. The first kappa shape index (κ1) is 20.2. The molecule has 3 aromatic rings. The lowest BCUT2D eigenvalue weighted by atomic mass is 9.97. The Balaban J connectivity index is 1.59. The van der Waals surface area contributed by atoms with Crippen LogP contribution in [0.3, 0.4) is 0 Å². The zero-order chi connectivity index (χ0) is 20.8. The van der Waals surface area contributed by atoms with E-state index in [0.717, 1.165) is 5.56 Å². The van der Waals surface area contributed by atoms with Crippen LogP contribution in [-0.2, 0) is 11.2 Å². The summed E-state index contributed by atoms with van der Waals surface area (Å²) in [6, 6.07) is 17.5. The van der Waals surface area contributed by atoms with Gasteiger partial charge in [-0.25, -0.2) is 4.98 Å². The van der Waals surface area contributed by atoms with Gasteiger partial charge in [-0.1, -0.05) is 42.0 Å². The van der Waals surface area contributed by atoms with Gasteiger partial charge in [0.05, 0.1) is 11.7 Å². The van der Waals surface area contributed by atoms with Gasteiger partial charge in [0, 0.05) is 18.2 Å². The van der Waals surface area contributed by atoms with Crippen LogP contribution in [0.25, 0.3) is 0 Å². The summed E-state index contributed by atoms with van der Waals surface area (Å²) < 4.78 is 0. The highest BCUT2D eigenvalue weighted by Crippen LogP contribution is 2.18. The van der Waals surface area contributed by atoms with E-state index in [1.165, 1.54) is 5.56 Å². The quantitative estimate of drug-likeness (QED) is 0.574. The van der Waals surface area contributed by atoms with Crippen LogP contribution in [-0.4, -0.2) is 16.7 Å². The van der Waals surface area contributed by atoms with E-state index in [2.05, 4.69) is 10.3 Å². The highest BCUT2D eigenvalue weighted by atomic mass is 16.1. The minimum absolute atomic E-state index is 0.0362. The molecule has 148 valence electrons. The molecule has 5 N–H and O–H groups in total. The largest absolute Gasteiger partial charge is 0.382 e. The lowest BCUT2D eigenvalue weighted by molar-refractivity contribution is -0.120. The maximum absolute atomic E-state index is 12.5. The fourth-order valence-electron chi connectivity index (χ4n) is 2.92. The monoisotopic (exact) mass is 388 g/mol. The van der Waals surface area contributed by atoms with Gasteiger partial charge in [0.25, 0.3) is 5.91 Å². The number of nitrogens with two attached hydrogens (primary N) is 2. The number of nitrogen functional groups attached to an aromatic ring is 1. The van der Waals surface area contributed by atoms with E-state index in [1.54, 1.807) is 42.6 Å². The van der Waals surface area contributed by atoms with Crippen molar-refractivity contribution in [2.45, 2.75) is 25.8 Å². The topological polar surface area (TPSA) is 111 Å². The van der Waals surface area contributed by atoms with Crippen LogP contribution in [0.2, 0.25) is 0 Å². The van der Waals surface area contributed by atoms with Crippen molar-refractivity contribution in [1.29, 1.82) is 0 Å². The van der Waals surface area contributed by atoms with Crippen LogP contribution < -0.4 is 16.8 Å². The number of aryl methyl sites for hydroxylation is 2. The average Bonchev–Trinajstić information content (AvgIpc) is 2.74. The zero-order valence-corrected chi connectivity index (χ0v) is 16.3. The molecular weight excluding hydrogens is 364 g/mol. The maximum Gasteiger partial charge on any atom is 0.255 e. The third-order valence-electron chi connectivity index (χ3n) is 4.75. The Hall–Kier alpha value is -3.51. The Morgan fingerprint density at radius 2 is 1.72 bits per heavy atom. The van der Waals surface area contributed by atoms with E-state index in [1.807, 2.05) is 31.2 Å². The van der Waals surface area contributed by atoms with Gasteiger partial charge in [-0.3, -0.25) is 9.59 Å². The molecule has 2 aromatic carbocycles. The van der Waals surface area contributed by atoms with Crippen molar-refractivity contribution in [3.8, 4) is 0 Å². The minimum atomic E-state index is -0.716. The summed E-state index contributed by atoms with van der Waals surface area (Å²) in [5, 5.41) is 2.72. The standard InChI is InChI=1S/C23H24N4O2/c1-15-4-6-16(7-5-15)8-13-20(28)21(24)17-9-11-18(12-10-17)23(29)27-19-3-2-14-26-22(19)25/h2-7,9-12,14,21H,8,13,24H2,1H3,(H2,25,26)(H,27,29). The van der Waals surface area contributed by atoms with E-state index >= 15 is 0 Å². The van der Waals surface area contributed by atoms with Crippen molar-refractivity contribution in [2.24, 2.45) is 5.73 Å². The minimum Gasteiger partial charge on any atom is -0.382 e. The first-order valence-corrected chi connectivity index (χ1v) is 9.39. The summed E-state index contributed by atoms with van der Waals surface area (Å²) in [5.41, 5.74) is 15.7. The summed E-state index contributed by atoms with van der Waals surface area (Å²) in [4.78, 5) is 28.8. The second-order valence-corrected chi connectivity index (χ2v) is 6.94. The van der Waals surface area contributed by atoms with E-state index in [0.29, 0.717) is 29.7 Å². The Morgan fingerprint density at radius 3 is 2.38 bits per heavy atom. The molecule has 6 heteroatoms. The van der Waals surface area contributed by atoms with Crippen molar-refractivity contribution >= 4 is 23.2 Å². The zero-order valence-electron chi connectivity index (χ0n) is 16.3. The predicted octanol–water partition coefficient (Wildman–Crippen LogP) is 3.43. The molecule has 0 spiro atoms. The molecule has 0 saturated carbocycles. The van der Waals surface area contributed by atoms with Gasteiger partial charge in [-0.15, -0.1) is 0 Å². The average molecular weight is 388 g/mol. The number of hydrogen-bond acceptors (Lipinski definition) is 5. The van der Waals surface area contributed by atoms with Crippen molar-refractivity contribution < 1.29 is 9.59 Å². The van der Waals surface area contributed by atoms with E-state index in [4.69, 9.17) is 11.5 Å². The van der Waals surface area contributed by atoms with E-state index in [9.17, 15) is 9.59 Å². The molecule has 1 amide bonds. The molecule has 29 heavy (non-hydrogen) atoms. The second kappa shape index (κ2) is 9.12. The number of benzene rings is 2. The Morgan fingerprint density at radius 1 is 1.03 bits per heavy atom. The third-order valence-corrected chi connectivity index (χ3v) is 4.75. The maximum atomic E-state index is 12.5. The Labute approximate surface area is 170 Å². The van der Waals surface area contributed by atoms with E-state index < -0.39 is 6.04 Å². The molecule has 0 aliphatic heterocycles. The molecule has 0 saturated heterocycles. The molecule has 0 aliphatic carbocycles. The third kappa shape index (κ3) is 5.27. The molecule has 0 fully saturated rings. The van der Waals surface area contributed by atoms with Crippen LogP contribution in [0.5, 0.6) is 0 Å². The molecule has 1 heterocycles. The number of Topliss-reactive ketones (excluding diaryl/α,β-unsaturated/α-hetero) is 1. The van der Waals surface area contributed by atoms with Crippen LogP contribution >= 0.6 is 0 Å². The molecule has 6 nitrogen and oxygen atoms in total. The molecule has 1 atom stereocenters. The predicted molar refractivity (Wildman–Crippen MR) is 114 cm³/mol. The first-order valence-electron chi connectivity index (χ1n) is 9.39. The highest BCUT2D eigenvalue weighted by molar-refractivity contribution is 6.05. The summed E-state index contributed by atoms with van der Waals surface area (Å²) in [6.07, 6.45) is 2.57. The van der Waals surface area contributed by atoms with Gasteiger partial charge < -0.3 is 16.8 Å². The normalized spacial score (nSPS) is 11.7. The number of hydrogen-bond donors (Lipinski definition) is 3. The number of carbonyl (C=O) groups excluding carboxylic acids is 2. The number of ketones is 1. The smallest absolute Gasteiger partial charge is 0.255 e. The van der Waals surface area contributed by atoms with Crippen molar-refractivity contribution in [3.05, 3.63) is 89.1 Å². The molecule has 0 radical (unpaired) electrons. The molecule has 0 bridgehead atoms. The van der Waals surface area contributed by atoms with Gasteiger partial charge in [0.2, 0.25) is 0 Å². The van der Waals surface area contributed by atoms with Crippen LogP contribution in [0.15, 0.2) is 66.9 Å². The van der Waals surface area contributed by atoms with Gasteiger partial charge in [-0.05, 0) is 48.7 Å². The van der Waals surface area contributed by atoms with Gasteiger partial charge in [0.1, 0.15) is 5.82 Å². The summed E-state index contributed by atoms with van der Waals surface area (Å²) in [6.45, 7) is 2.03. The lowest BCUT2D eigenvalue weighted by Gasteiger charge is -2.12. The number of carbonyl (C=O) groups is 2. The van der Waals surface area contributed by atoms with Crippen LogP contribution in [0, 0.1) is 6.92 Å². The number of aromatic nitrogens is 1. The van der Waals surface area contributed by atoms with Crippen LogP contribution in [0.1, 0.15) is 39.5 Å². The molecule has 1 unspecified atom stereocenters. The fourth-order valence-corrected chi connectivity index (χ4v) is 2.92. The Kier molecular flexibility index (Phi) is 6.36.